The molecule has 3 aromatic rings. The van der Waals surface area contributed by atoms with Gasteiger partial charge in [-0.3, -0.25) is 9.59 Å². The van der Waals surface area contributed by atoms with Crippen molar-refractivity contribution in [3.8, 4) is 0 Å². The van der Waals surface area contributed by atoms with E-state index < -0.39 is 27.8 Å². The highest BCUT2D eigenvalue weighted by Crippen LogP contribution is 2.20. The summed E-state index contributed by atoms with van der Waals surface area (Å²) in [6.45, 7) is 2.13. The number of rotatable bonds is 10. The predicted molar refractivity (Wildman–Crippen MR) is 140 cm³/mol. The van der Waals surface area contributed by atoms with Crippen LogP contribution < -0.4 is 15.4 Å². The Labute approximate surface area is 206 Å². The van der Waals surface area contributed by atoms with E-state index in [1.807, 2.05) is 24.3 Å². The molecule has 0 aliphatic heterocycles. The fourth-order valence-electron chi connectivity index (χ4n) is 3.60. The first-order chi connectivity index (χ1) is 16.8. The second-order valence-electron chi connectivity index (χ2n) is 7.98. The molecular formula is C27H29N3O4S. The zero-order chi connectivity index (χ0) is 25.3. The van der Waals surface area contributed by atoms with Gasteiger partial charge in [0.1, 0.15) is 5.92 Å². The van der Waals surface area contributed by atoms with Crippen LogP contribution in [0.5, 0.6) is 0 Å². The number of benzene rings is 3. The number of amides is 2. The number of nitrogens with two attached hydrogens (primary N) is 1. The molecule has 0 bridgehead atoms. The van der Waals surface area contributed by atoms with Gasteiger partial charge in [-0.1, -0.05) is 60.7 Å². The summed E-state index contributed by atoms with van der Waals surface area (Å²) in [5, 5.41) is 0.927. The van der Waals surface area contributed by atoms with Gasteiger partial charge in [0.05, 0.1) is 5.41 Å². The number of aryl methyl sites for hydroxylation is 1. The van der Waals surface area contributed by atoms with Crippen LogP contribution >= 0.6 is 0 Å². The number of hydrogen-bond acceptors (Lipinski definition) is 5. The van der Waals surface area contributed by atoms with Crippen LogP contribution in [0.1, 0.15) is 24.5 Å². The number of nitrogens with zero attached hydrogens (tertiary/aromatic N) is 1. The second kappa shape index (κ2) is 12.0. The van der Waals surface area contributed by atoms with E-state index in [1.165, 1.54) is 11.0 Å². The van der Waals surface area contributed by atoms with Gasteiger partial charge in [0.15, 0.2) is 0 Å². The van der Waals surface area contributed by atoms with Crippen molar-refractivity contribution in [2.75, 3.05) is 17.2 Å². The van der Waals surface area contributed by atoms with Gasteiger partial charge in [0.2, 0.25) is 11.8 Å². The monoisotopic (exact) mass is 491 g/mol. The summed E-state index contributed by atoms with van der Waals surface area (Å²) in [6.07, 6.45) is 1.93. The van der Waals surface area contributed by atoms with Gasteiger partial charge in [0, 0.05) is 17.9 Å². The molecule has 2 amide bonds. The van der Waals surface area contributed by atoms with Crippen LogP contribution in [0.4, 0.5) is 11.4 Å². The van der Waals surface area contributed by atoms with Crippen LogP contribution in [0, 0.1) is 5.92 Å². The molecule has 0 aliphatic rings. The SMILES string of the molecule is CCN(C(=O)C(CCc1ccc(N)cc1)C(=O)NS(=O)(=O)C=Cc1ccccc1)c1ccccc1. The smallest absolute Gasteiger partial charge is 0.257 e. The first kappa shape index (κ1) is 25.7. The number of carbonyl (C=O) groups is 2. The molecule has 0 saturated heterocycles. The zero-order valence-electron chi connectivity index (χ0n) is 19.5. The summed E-state index contributed by atoms with van der Waals surface area (Å²) in [5.74, 6) is -2.53. The Morgan fingerprint density at radius 1 is 0.943 bits per heavy atom. The summed E-state index contributed by atoms with van der Waals surface area (Å²) in [5.41, 5.74) is 8.54. The average molecular weight is 492 g/mol. The molecular weight excluding hydrogens is 462 g/mol. The standard InChI is InChI=1S/C27H29N3O4S/c1-2-30(24-11-7-4-8-12-24)27(32)25(18-15-22-13-16-23(28)17-14-22)26(31)29-35(33,34)20-19-21-9-5-3-6-10-21/h3-14,16-17,19-20,25H,2,15,18,28H2,1H3,(H,29,31). The van der Waals surface area contributed by atoms with Gasteiger partial charge in [0.25, 0.3) is 10.0 Å². The maximum absolute atomic E-state index is 13.5. The predicted octanol–water partition coefficient (Wildman–Crippen LogP) is 3.99. The lowest BCUT2D eigenvalue weighted by Crippen LogP contribution is -2.45. The van der Waals surface area contributed by atoms with Gasteiger partial charge in [-0.25, -0.2) is 13.1 Å². The van der Waals surface area contributed by atoms with Crippen molar-refractivity contribution in [2.24, 2.45) is 5.92 Å². The molecule has 0 heterocycles. The number of sulfonamides is 1. The first-order valence-corrected chi connectivity index (χ1v) is 12.8. The Bertz CT molecular complexity index is 1260. The summed E-state index contributed by atoms with van der Waals surface area (Å²) in [7, 11) is -4.11. The minimum absolute atomic E-state index is 0.135. The lowest BCUT2D eigenvalue weighted by atomic mass is 9.97. The molecule has 3 N–H and O–H groups in total. The topological polar surface area (TPSA) is 110 Å². The number of carbonyl (C=O) groups excluding carboxylic acids is 2. The Kier molecular flexibility index (Phi) is 8.80. The number of para-hydroxylation sites is 1. The average Bonchev–Trinajstić information content (AvgIpc) is 2.85. The van der Waals surface area contributed by atoms with Crippen LogP contribution in [0.25, 0.3) is 6.08 Å². The van der Waals surface area contributed by atoms with E-state index in [-0.39, 0.29) is 6.42 Å². The highest BCUT2D eigenvalue weighted by atomic mass is 32.2. The lowest BCUT2D eigenvalue weighted by Gasteiger charge is -2.26. The van der Waals surface area contributed by atoms with E-state index in [0.29, 0.717) is 29.9 Å². The molecule has 0 spiro atoms. The third-order valence-electron chi connectivity index (χ3n) is 5.45. The van der Waals surface area contributed by atoms with Crippen molar-refractivity contribution >= 4 is 39.3 Å². The number of nitrogen functional groups attached to an aromatic ring is 1. The maximum atomic E-state index is 13.5. The van der Waals surface area contributed by atoms with E-state index in [1.54, 1.807) is 67.6 Å². The van der Waals surface area contributed by atoms with E-state index in [4.69, 9.17) is 5.73 Å². The van der Waals surface area contributed by atoms with Crippen LogP contribution in [-0.4, -0.2) is 26.8 Å². The van der Waals surface area contributed by atoms with Crippen LogP contribution in [0.3, 0.4) is 0 Å². The Hall–Kier alpha value is -3.91. The van der Waals surface area contributed by atoms with Crippen molar-refractivity contribution in [1.29, 1.82) is 0 Å². The Morgan fingerprint density at radius 2 is 1.54 bits per heavy atom. The maximum Gasteiger partial charge on any atom is 0.257 e. The molecule has 1 atom stereocenters. The fourth-order valence-corrected chi connectivity index (χ4v) is 4.43. The summed E-state index contributed by atoms with van der Waals surface area (Å²) in [4.78, 5) is 28.1. The Morgan fingerprint density at radius 3 is 2.14 bits per heavy atom. The first-order valence-electron chi connectivity index (χ1n) is 11.3. The highest BCUT2D eigenvalue weighted by Gasteiger charge is 2.32. The molecule has 182 valence electrons. The van der Waals surface area contributed by atoms with Gasteiger partial charge in [-0.05, 0) is 61.2 Å². The summed E-state index contributed by atoms with van der Waals surface area (Å²) in [6, 6.07) is 25.0. The molecule has 0 fully saturated rings. The minimum atomic E-state index is -4.11. The van der Waals surface area contributed by atoms with Crippen LogP contribution in [-0.2, 0) is 26.0 Å². The molecule has 0 aliphatic carbocycles. The van der Waals surface area contributed by atoms with Crippen molar-refractivity contribution in [3.05, 3.63) is 101 Å². The molecule has 1 unspecified atom stereocenters. The third-order valence-corrected chi connectivity index (χ3v) is 6.43. The molecule has 3 rings (SSSR count). The molecule has 0 aromatic heterocycles. The zero-order valence-corrected chi connectivity index (χ0v) is 20.3. The normalized spacial score (nSPS) is 12.3. The van der Waals surface area contributed by atoms with Crippen molar-refractivity contribution in [3.63, 3.8) is 0 Å². The molecule has 35 heavy (non-hydrogen) atoms. The molecule has 3 aromatic carbocycles. The lowest BCUT2D eigenvalue weighted by molar-refractivity contribution is -0.132. The second-order valence-corrected chi connectivity index (χ2v) is 9.54. The van der Waals surface area contributed by atoms with Crippen molar-refractivity contribution < 1.29 is 18.0 Å². The van der Waals surface area contributed by atoms with E-state index >= 15 is 0 Å². The summed E-state index contributed by atoms with van der Waals surface area (Å²) < 4.78 is 27.3. The fraction of sp³-hybridized carbons (Fsp3) is 0.185. The van der Waals surface area contributed by atoms with E-state index in [0.717, 1.165) is 11.0 Å². The third kappa shape index (κ3) is 7.55. The van der Waals surface area contributed by atoms with E-state index in [9.17, 15) is 18.0 Å². The van der Waals surface area contributed by atoms with Crippen LogP contribution in [0.2, 0.25) is 0 Å². The quantitative estimate of drug-likeness (QED) is 0.329. The van der Waals surface area contributed by atoms with Gasteiger partial charge >= 0.3 is 0 Å². The largest absolute Gasteiger partial charge is 0.399 e. The number of nitrogens with one attached hydrogen (secondary N) is 1. The Balaban J connectivity index is 1.82. The minimum Gasteiger partial charge on any atom is -0.399 e. The van der Waals surface area contributed by atoms with E-state index in [2.05, 4.69) is 4.72 Å². The van der Waals surface area contributed by atoms with Gasteiger partial charge in [-0.2, -0.15) is 0 Å². The number of hydrogen-bond donors (Lipinski definition) is 2. The molecule has 0 radical (unpaired) electrons. The van der Waals surface area contributed by atoms with Gasteiger partial charge < -0.3 is 10.6 Å². The molecule has 0 saturated carbocycles. The molecule has 7 nitrogen and oxygen atoms in total. The van der Waals surface area contributed by atoms with Crippen LogP contribution in [0.15, 0.2) is 90.3 Å². The van der Waals surface area contributed by atoms with Gasteiger partial charge in [-0.15, -0.1) is 0 Å². The molecule has 8 heteroatoms. The number of anilines is 2. The summed E-state index contributed by atoms with van der Waals surface area (Å²) >= 11 is 0. The van der Waals surface area contributed by atoms with Crippen molar-refractivity contribution in [1.82, 2.24) is 4.72 Å². The van der Waals surface area contributed by atoms with Crippen molar-refractivity contribution in [2.45, 2.75) is 19.8 Å². The highest BCUT2D eigenvalue weighted by molar-refractivity contribution is 7.93.